The SMILES string of the molecule is CC1(CNCc2cn[nH]c2-c2cccnc2)CC1. The highest BCUT2D eigenvalue weighted by Crippen LogP contribution is 2.44. The van der Waals surface area contributed by atoms with Crippen molar-refractivity contribution in [3.8, 4) is 11.3 Å². The third-order valence-corrected chi connectivity index (χ3v) is 3.64. The van der Waals surface area contributed by atoms with Gasteiger partial charge in [0.2, 0.25) is 0 Å². The van der Waals surface area contributed by atoms with Gasteiger partial charge in [-0.2, -0.15) is 5.10 Å². The molecule has 94 valence electrons. The van der Waals surface area contributed by atoms with Crippen LogP contribution in [0.25, 0.3) is 11.3 Å². The number of aromatic amines is 1. The number of hydrogen-bond donors (Lipinski definition) is 2. The number of aromatic nitrogens is 3. The lowest BCUT2D eigenvalue weighted by atomic mass is 10.1. The van der Waals surface area contributed by atoms with Crippen LogP contribution in [0.5, 0.6) is 0 Å². The van der Waals surface area contributed by atoms with Gasteiger partial charge in [-0.15, -0.1) is 0 Å². The molecule has 18 heavy (non-hydrogen) atoms. The molecule has 0 bridgehead atoms. The van der Waals surface area contributed by atoms with Crippen molar-refractivity contribution < 1.29 is 0 Å². The van der Waals surface area contributed by atoms with E-state index < -0.39 is 0 Å². The minimum Gasteiger partial charge on any atom is -0.312 e. The number of nitrogens with one attached hydrogen (secondary N) is 2. The third kappa shape index (κ3) is 2.43. The molecule has 1 saturated carbocycles. The van der Waals surface area contributed by atoms with E-state index in [-0.39, 0.29) is 0 Å². The van der Waals surface area contributed by atoms with Crippen LogP contribution in [0.2, 0.25) is 0 Å². The largest absolute Gasteiger partial charge is 0.312 e. The molecule has 0 amide bonds. The fourth-order valence-corrected chi connectivity index (χ4v) is 2.09. The summed E-state index contributed by atoms with van der Waals surface area (Å²) in [5.74, 6) is 0. The van der Waals surface area contributed by atoms with Crippen LogP contribution < -0.4 is 5.32 Å². The Morgan fingerprint density at radius 1 is 1.39 bits per heavy atom. The number of pyridine rings is 1. The zero-order chi connectivity index (χ0) is 12.4. The van der Waals surface area contributed by atoms with Gasteiger partial charge >= 0.3 is 0 Å². The molecule has 0 spiro atoms. The topological polar surface area (TPSA) is 53.6 Å². The zero-order valence-electron chi connectivity index (χ0n) is 10.6. The summed E-state index contributed by atoms with van der Waals surface area (Å²) < 4.78 is 0. The molecule has 4 heteroatoms. The van der Waals surface area contributed by atoms with E-state index in [1.54, 1.807) is 6.20 Å². The van der Waals surface area contributed by atoms with Crippen molar-refractivity contribution in [1.82, 2.24) is 20.5 Å². The lowest BCUT2D eigenvalue weighted by molar-refractivity contribution is 0.500. The second kappa shape index (κ2) is 4.53. The van der Waals surface area contributed by atoms with Gasteiger partial charge in [0, 0.05) is 36.6 Å². The van der Waals surface area contributed by atoms with Crippen LogP contribution in [-0.2, 0) is 6.54 Å². The molecule has 0 saturated heterocycles. The Kier molecular flexibility index (Phi) is 2.88. The second-order valence-corrected chi connectivity index (χ2v) is 5.43. The number of rotatable bonds is 5. The second-order valence-electron chi connectivity index (χ2n) is 5.43. The Morgan fingerprint density at radius 2 is 2.28 bits per heavy atom. The number of H-pyrrole nitrogens is 1. The summed E-state index contributed by atoms with van der Waals surface area (Å²) in [6, 6.07) is 3.99. The molecule has 1 fully saturated rings. The van der Waals surface area contributed by atoms with E-state index >= 15 is 0 Å². The Bertz CT molecular complexity index is 514. The lowest BCUT2D eigenvalue weighted by Gasteiger charge is -2.09. The molecule has 0 atom stereocenters. The number of nitrogens with zero attached hydrogens (tertiary/aromatic N) is 2. The van der Waals surface area contributed by atoms with Crippen molar-refractivity contribution in [2.75, 3.05) is 6.54 Å². The summed E-state index contributed by atoms with van der Waals surface area (Å²) >= 11 is 0. The molecule has 0 radical (unpaired) electrons. The van der Waals surface area contributed by atoms with E-state index in [0.29, 0.717) is 5.41 Å². The molecule has 1 aliphatic carbocycles. The van der Waals surface area contributed by atoms with Gasteiger partial charge < -0.3 is 5.32 Å². The maximum Gasteiger partial charge on any atom is 0.0710 e. The summed E-state index contributed by atoms with van der Waals surface area (Å²) in [6.07, 6.45) is 8.23. The van der Waals surface area contributed by atoms with E-state index in [0.717, 1.165) is 24.3 Å². The Hall–Kier alpha value is -1.68. The Labute approximate surface area is 107 Å². The van der Waals surface area contributed by atoms with Crippen molar-refractivity contribution in [2.24, 2.45) is 5.41 Å². The zero-order valence-corrected chi connectivity index (χ0v) is 10.6. The monoisotopic (exact) mass is 242 g/mol. The minimum absolute atomic E-state index is 0.540. The molecule has 0 unspecified atom stereocenters. The van der Waals surface area contributed by atoms with Gasteiger partial charge in [0.05, 0.1) is 11.9 Å². The molecule has 1 aliphatic rings. The van der Waals surface area contributed by atoms with Gasteiger partial charge in [0.1, 0.15) is 0 Å². The fourth-order valence-electron chi connectivity index (χ4n) is 2.09. The van der Waals surface area contributed by atoms with Crippen molar-refractivity contribution >= 4 is 0 Å². The third-order valence-electron chi connectivity index (χ3n) is 3.64. The Morgan fingerprint density at radius 3 is 3.00 bits per heavy atom. The van der Waals surface area contributed by atoms with Crippen molar-refractivity contribution in [2.45, 2.75) is 26.3 Å². The normalized spacial score (nSPS) is 16.7. The van der Waals surface area contributed by atoms with Crippen LogP contribution in [0, 0.1) is 5.41 Å². The lowest BCUT2D eigenvalue weighted by Crippen LogP contribution is -2.21. The average molecular weight is 242 g/mol. The molecule has 2 N–H and O–H groups in total. The van der Waals surface area contributed by atoms with Crippen LogP contribution in [0.1, 0.15) is 25.3 Å². The van der Waals surface area contributed by atoms with Crippen LogP contribution >= 0.6 is 0 Å². The quantitative estimate of drug-likeness (QED) is 0.846. The first-order valence-corrected chi connectivity index (χ1v) is 6.40. The summed E-state index contributed by atoms with van der Waals surface area (Å²) in [5, 5.41) is 10.7. The first-order chi connectivity index (χ1) is 8.77. The van der Waals surface area contributed by atoms with Crippen LogP contribution in [0.3, 0.4) is 0 Å². The summed E-state index contributed by atoms with van der Waals surface area (Å²) in [4.78, 5) is 4.14. The fraction of sp³-hybridized carbons (Fsp3) is 0.429. The van der Waals surface area contributed by atoms with Crippen molar-refractivity contribution in [3.63, 3.8) is 0 Å². The Balaban J connectivity index is 1.68. The molecule has 2 aromatic heterocycles. The molecule has 0 aromatic carbocycles. The highest BCUT2D eigenvalue weighted by Gasteiger charge is 2.36. The van der Waals surface area contributed by atoms with Gasteiger partial charge in [-0.3, -0.25) is 10.1 Å². The predicted octanol–water partition coefficient (Wildman–Crippen LogP) is 2.36. The van der Waals surface area contributed by atoms with Gasteiger partial charge in [-0.05, 0) is 30.4 Å². The summed E-state index contributed by atoms with van der Waals surface area (Å²) in [5.41, 5.74) is 3.89. The molecule has 4 nitrogen and oxygen atoms in total. The standard InChI is InChI=1S/C14H18N4/c1-14(4-5-14)10-16-8-12-9-17-18-13(12)11-3-2-6-15-7-11/h2-3,6-7,9,16H,4-5,8,10H2,1H3,(H,17,18). The maximum absolute atomic E-state index is 4.14. The van der Waals surface area contributed by atoms with E-state index in [1.807, 2.05) is 24.5 Å². The van der Waals surface area contributed by atoms with E-state index in [1.165, 1.54) is 18.4 Å². The van der Waals surface area contributed by atoms with Crippen molar-refractivity contribution in [1.29, 1.82) is 0 Å². The summed E-state index contributed by atoms with van der Waals surface area (Å²) in [6.45, 7) is 4.28. The molecule has 3 rings (SSSR count). The van der Waals surface area contributed by atoms with Crippen molar-refractivity contribution in [3.05, 3.63) is 36.3 Å². The van der Waals surface area contributed by atoms with Crippen LogP contribution in [-0.4, -0.2) is 21.7 Å². The van der Waals surface area contributed by atoms with Gasteiger partial charge in [0.25, 0.3) is 0 Å². The highest BCUT2D eigenvalue weighted by molar-refractivity contribution is 5.61. The minimum atomic E-state index is 0.540. The molecular formula is C14H18N4. The maximum atomic E-state index is 4.14. The van der Waals surface area contributed by atoms with Gasteiger partial charge in [-0.25, -0.2) is 0 Å². The highest BCUT2D eigenvalue weighted by atomic mass is 15.1. The molecule has 2 heterocycles. The van der Waals surface area contributed by atoms with Crippen LogP contribution in [0.15, 0.2) is 30.7 Å². The van der Waals surface area contributed by atoms with E-state index in [4.69, 9.17) is 0 Å². The first-order valence-electron chi connectivity index (χ1n) is 6.40. The smallest absolute Gasteiger partial charge is 0.0710 e. The predicted molar refractivity (Wildman–Crippen MR) is 70.9 cm³/mol. The first kappa shape index (κ1) is 11.4. The van der Waals surface area contributed by atoms with Gasteiger partial charge in [-0.1, -0.05) is 6.92 Å². The summed E-state index contributed by atoms with van der Waals surface area (Å²) in [7, 11) is 0. The molecule has 0 aliphatic heterocycles. The molecular weight excluding hydrogens is 224 g/mol. The van der Waals surface area contributed by atoms with Gasteiger partial charge in [0.15, 0.2) is 0 Å². The van der Waals surface area contributed by atoms with Crippen LogP contribution in [0.4, 0.5) is 0 Å². The molecule has 2 aromatic rings. The number of hydrogen-bond acceptors (Lipinski definition) is 3. The average Bonchev–Trinajstić information content (AvgIpc) is 2.95. The van der Waals surface area contributed by atoms with E-state index in [2.05, 4.69) is 27.4 Å². The van der Waals surface area contributed by atoms with E-state index in [9.17, 15) is 0 Å².